The number of fused-ring (bicyclic) bond motifs is 1. The number of para-hydroxylation sites is 1. The van der Waals surface area contributed by atoms with Gasteiger partial charge in [0.05, 0.1) is 12.6 Å². The highest BCUT2D eigenvalue weighted by atomic mass is 32.2. The van der Waals surface area contributed by atoms with Crippen molar-refractivity contribution in [2.24, 2.45) is 0 Å². The Bertz CT molecular complexity index is 1200. The second-order valence-electron chi connectivity index (χ2n) is 7.27. The molecule has 0 bridgehead atoms. The standard InChI is InChI=1S/C22H23N3O4S/c1-16-13-17-5-4-8-20(21(17)23-15-16)30(27,28)25-11-9-24(10-12-25)22(26)18-6-3-7-19(14-18)29-2/h3-8,13-15H,9-12H2,1-2H3. The van der Waals surface area contributed by atoms with Crippen molar-refractivity contribution in [3.05, 3.63) is 65.9 Å². The van der Waals surface area contributed by atoms with Crippen molar-refractivity contribution in [1.82, 2.24) is 14.2 Å². The summed E-state index contributed by atoms with van der Waals surface area (Å²) in [5, 5.41) is 0.794. The number of hydrogen-bond donors (Lipinski definition) is 0. The highest BCUT2D eigenvalue weighted by Crippen LogP contribution is 2.26. The van der Waals surface area contributed by atoms with E-state index in [1.54, 1.807) is 54.6 Å². The number of methoxy groups -OCH3 is 1. The van der Waals surface area contributed by atoms with Crippen LogP contribution in [0.25, 0.3) is 10.9 Å². The number of aromatic nitrogens is 1. The normalized spacial score (nSPS) is 15.3. The van der Waals surface area contributed by atoms with Gasteiger partial charge in [-0.1, -0.05) is 18.2 Å². The molecule has 0 radical (unpaired) electrons. The molecule has 0 saturated carbocycles. The lowest BCUT2D eigenvalue weighted by Gasteiger charge is -2.34. The van der Waals surface area contributed by atoms with Gasteiger partial charge in [0.25, 0.3) is 5.91 Å². The van der Waals surface area contributed by atoms with Crippen LogP contribution in [0.5, 0.6) is 5.75 Å². The molecule has 1 amide bonds. The van der Waals surface area contributed by atoms with Crippen LogP contribution in [0.2, 0.25) is 0 Å². The number of ether oxygens (including phenoxy) is 1. The molecule has 1 fully saturated rings. The molecule has 1 saturated heterocycles. The number of carbonyl (C=O) groups is 1. The first-order valence-electron chi connectivity index (χ1n) is 9.69. The number of nitrogens with zero attached hydrogens (tertiary/aromatic N) is 3. The van der Waals surface area contributed by atoms with Crippen molar-refractivity contribution in [2.45, 2.75) is 11.8 Å². The first-order valence-corrected chi connectivity index (χ1v) is 11.1. The van der Waals surface area contributed by atoms with Crippen LogP contribution in [0.4, 0.5) is 0 Å². The van der Waals surface area contributed by atoms with Crippen molar-refractivity contribution in [1.29, 1.82) is 0 Å². The van der Waals surface area contributed by atoms with Crippen molar-refractivity contribution in [3.8, 4) is 5.75 Å². The van der Waals surface area contributed by atoms with E-state index in [2.05, 4.69) is 4.98 Å². The minimum atomic E-state index is -3.71. The van der Waals surface area contributed by atoms with E-state index in [1.807, 2.05) is 19.1 Å². The summed E-state index contributed by atoms with van der Waals surface area (Å²) in [6.07, 6.45) is 1.67. The van der Waals surface area contributed by atoms with E-state index in [0.29, 0.717) is 29.9 Å². The van der Waals surface area contributed by atoms with E-state index in [-0.39, 0.29) is 23.9 Å². The minimum absolute atomic E-state index is 0.131. The van der Waals surface area contributed by atoms with Gasteiger partial charge in [-0.3, -0.25) is 9.78 Å². The molecule has 2 aromatic carbocycles. The van der Waals surface area contributed by atoms with E-state index in [9.17, 15) is 13.2 Å². The summed E-state index contributed by atoms with van der Waals surface area (Å²) in [6.45, 7) is 3.05. The van der Waals surface area contributed by atoms with Crippen molar-refractivity contribution in [3.63, 3.8) is 0 Å². The number of hydrogen-bond acceptors (Lipinski definition) is 5. The molecule has 0 spiro atoms. The van der Waals surface area contributed by atoms with Gasteiger partial charge in [0, 0.05) is 43.3 Å². The molecule has 1 aliphatic rings. The quantitative estimate of drug-likeness (QED) is 0.642. The Morgan fingerprint density at radius 2 is 1.77 bits per heavy atom. The first-order chi connectivity index (χ1) is 14.4. The summed E-state index contributed by atoms with van der Waals surface area (Å²) >= 11 is 0. The average molecular weight is 426 g/mol. The Labute approximate surface area is 175 Å². The topological polar surface area (TPSA) is 79.8 Å². The Balaban J connectivity index is 1.53. The largest absolute Gasteiger partial charge is 0.497 e. The maximum absolute atomic E-state index is 13.3. The Morgan fingerprint density at radius 3 is 2.50 bits per heavy atom. The van der Waals surface area contributed by atoms with Crippen LogP contribution in [0.15, 0.2) is 59.6 Å². The smallest absolute Gasteiger partial charge is 0.254 e. The van der Waals surface area contributed by atoms with Crippen LogP contribution < -0.4 is 4.74 Å². The van der Waals surface area contributed by atoms with Gasteiger partial charge in [0.1, 0.15) is 10.6 Å². The Kier molecular flexibility index (Phi) is 5.44. The molecule has 0 N–H and O–H groups in total. The number of piperazine rings is 1. The van der Waals surface area contributed by atoms with E-state index in [4.69, 9.17) is 4.74 Å². The lowest BCUT2D eigenvalue weighted by atomic mass is 10.1. The molecular formula is C22H23N3O4S. The summed E-state index contributed by atoms with van der Waals surface area (Å²) in [7, 11) is -2.16. The third-order valence-corrected chi connectivity index (χ3v) is 7.20. The fraction of sp³-hybridized carbons (Fsp3) is 0.273. The zero-order valence-electron chi connectivity index (χ0n) is 16.9. The monoisotopic (exact) mass is 425 g/mol. The summed E-state index contributed by atoms with van der Waals surface area (Å²) in [6, 6.07) is 14.1. The highest BCUT2D eigenvalue weighted by molar-refractivity contribution is 7.89. The van der Waals surface area contributed by atoms with Crippen LogP contribution in [0.1, 0.15) is 15.9 Å². The maximum atomic E-state index is 13.3. The molecule has 156 valence electrons. The Hall–Kier alpha value is -2.97. The Morgan fingerprint density at radius 1 is 1.03 bits per heavy atom. The van der Waals surface area contributed by atoms with Crippen molar-refractivity contribution >= 4 is 26.8 Å². The van der Waals surface area contributed by atoms with E-state index >= 15 is 0 Å². The molecule has 8 heteroatoms. The molecular weight excluding hydrogens is 402 g/mol. The third kappa shape index (κ3) is 3.76. The molecule has 30 heavy (non-hydrogen) atoms. The number of sulfonamides is 1. The molecule has 0 atom stereocenters. The van der Waals surface area contributed by atoms with Gasteiger partial charge < -0.3 is 9.64 Å². The average Bonchev–Trinajstić information content (AvgIpc) is 2.78. The van der Waals surface area contributed by atoms with Crippen molar-refractivity contribution < 1.29 is 17.9 Å². The second-order valence-corrected chi connectivity index (χ2v) is 9.18. The van der Waals surface area contributed by atoms with Crippen LogP contribution >= 0.6 is 0 Å². The van der Waals surface area contributed by atoms with Crippen LogP contribution in [0.3, 0.4) is 0 Å². The predicted molar refractivity (Wildman–Crippen MR) is 114 cm³/mol. The molecule has 3 aromatic rings. The number of aryl methyl sites for hydroxylation is 1. The number of carbonyl (C=O) groups excluding carboxylic acids is 1. The van der Waals surface area contributed by atoms with E-state index in [0.717, 1.165) is 10.9 Å². The van der Waals surface area contributed by atoms with Crippen LogP contribution in [-0.2, 0) is 10.0 Å². The van der Waals surface area contributed by atoms with Gasteiger partial charge in [-0.15, -0.1) is 0 Å². The fourth-order valence-electron chi connectivity index (χ4n) is 3.66. The van der Waals surface area contributed by atoms with Gasteiger partial charge in [-0.05, 0) is 42.8 Å². The fourth-order valence-corrected chi connectivity index (χ4v) is 5.25. The molecule has 0 aliphatic carbocycles. The molecule has 1 aliphatic heterocycles. The summed E-state index contributed by atoms with van der Waals surface area (Å²) in [4.78, 5) is 19.0. The van der Waals surface area contributed by atoms with Gasteiger partial charge in [-0.2, -0.15) is 4.31 Å². The van der Waals surface area contributed by atoms with Crippen LogP contribution in [-0.4, -0.2) is 61.8 Å². The van der Waals surface area contributed by atoms with Gasteiger partial charge in [-0.25, -0.2) is 8.42 Å². The van der Waals surface area contributed by atoms with E-state index < -0.39 is 10.0 Å². The highest BCUT2D eigenvalue weighted by Gasteiger charge is 2.31. The number of pyridine rings is 1. The zero-order valence-corrected chi connectivity index (χ0v) is 17.7. The minimum Gasteiger partial charge on any atom is -0.497 e. The van der Waals surface area contributed by atoms with Crippen LogP contribution in [0, 0.1) is 6.92 Å². The number of rotatable bonds is 4. The molecule has 7 nitrogen and oxygen atoms in total. The first kappa shape index (κ1) is 20.3. The molecule has 2 heterocycles. The second kappa shape index (κ2) is 8.04. The summed E-state index contributed by atoms with van der Waals surface area (Å²) in [5.74, 6) is 0.481. The third-order valence-electron chi connectivity index (χ3n) is 5.27. The SMILES string of the molecule is COc1cccc(C(=O)N2CCN(S(=O)(=O)c3cccc4cc(C)cnc34)CC2)c1. The molecule has 0 unspecified atom stereocenters. The van der Waals surface area contributed by atoms with Gasteiger partial charge in [0.15, 0.2) is 0 Å². The van der Waals surface area contributed by atoms with Crippen molar-refractivity contribution in [2.75, 3.05) is 33.3 Å². The zero-order chi connectivity index (χ0) is 21.3. The predicted octanol–water partition coefficient (Wildman–Crippen LogP) is 2.70. The molecule has 4 rings (SSSR count). The summed E-state index contributed by atoms with van der Waals surface area (Å²) < 4.78 is 33.2. The number of amides is 1. The summed E-state index contributed by atoms with van der Waals surface area (Å²) in [5.41, 5.74) is 1.97. The number of benzene rings is 2. The lowest BCUT2D eigenvalue weighted by molar-refractivity contribution is 0.0697. The lowest BCUT2D eigenvalue weighted by Crippen LogP contribution is -2.50. The van der Waals surface area contributed by atoms with E-state index in [1.165, 1.54) is 4.31 Å². The van der Waals surface area contributed by atoms with Gasteiger partial charge >= 0.3 is 0 Å². The van der Waals surface area contributed by atoms with Gasteiger partial charge in [0.2, 0.25) is 10.0 Å². The maximum Gasteiger partial charge on any atom is 0.254 e. The molecule has 1 aromatic heterocycles.